The molecule has 0 spiro atoms. The molecule has 5 aliphatic rings. The molecule has 3 aliphatic carbocycles. The van der Waals surface area contributed by atoms with Crippen LogP contribution in [0.1, 0.15) is 31.7 Å². The SMILES string of the molecule is CC1CC2C3CC1CC2CN(Cc1ccc2c(c1)Nc1nccnc1S2)C3. The van der Waals surface area contributed by atoms with Gasteiger partial charge >= 0.3 is 0 Å². The van der Waals surface area contributed by atoms with E-state index in [1.807, 2.05) is 0 Å². The molecule has 140 valence electrons. The fourth-order valence-corrected chi connectivity index (χ4v) is 7.08. The summed E-state index contributed by atoms with van der Waals surface area (Å²) >= 11 is 1.71. The summed E-state index contributed by atoms with van der Waals surface area (Å²) in [5.41, 5.74) is 2.59. The average Bonchev–Trinajstić information content (AvgIpc) is 2.66. The Bertz CT molecular complexity index is 868. The van der Waals surface area contributed by atoms with Gasteiger partial charge in [-0.05, 0) is 66.5 Å². The Balaban J connectivity index is 1.18. The Kier molecular flexibility index (Phi) is 3.77. The topological polar surface area (TPSA) is 41.0 Å². The Hall–Kier alpha value is -1.59. The second kappa shape index (κ2) is 6.21. The molecule has 4 fully saturated rings. The first-order chi connectivity index (χ1) is 13.2. The van der Waals surface area contributed by atoms with E-state index in [0.29, 0.717) is 0 Å². The molecule has 3 saturated carbocycles. The first kappa shape index (κ1) is 16.4. The molecule has 1 N–H and O–H groups in total. The first-order valence-corrected chi connectivity index (χ1v) is 11.2. The van der Waals surface area contributed by atoms with Gasteiger partial charge in [-0.1, -0.05) is 24.8 Å². The summed E-state index contributed by atoms with van der Waals surface area (Å²) in [4.78, 5) is 12.8. The normalized spacial score (nSPS) is 33.9. The molecule has 1 saturated heterocycles. The number of hydrogen-bond donors (Lipinski definition) is 1. The summed E-state index contributed by atoms with van der Waals surface area (Å²) < 4.78 is 0. The van der Waals surface area contributed by atoms with E-state index in [1.165, 1.54) is 48.5 Å². The highest BCUT2D eigenvalue weighted by atomic mass is 32.2. The number of nitrogens with one attached hydrogen (secondary N) is 1. The smallest absolute Gasteiger partial charge is 0.163 e. The summed E-state index contributed by atoms with van der Waals surface area (Å²) in [6, 6.07) is 6.86. The van der Waals surface area contributed by atoms with E-state index < -0.39 is 0 Å². The lowest BCUT2D eigenvalue weighted by Crippen LogP contribution is -2.54. The van der Waals surface area contributed by atoms with Crippen molar-refractivity contribution in [3.8, 4) is 0 Å². The van der Waals surface area contributed by atoms with Crippen LogP contribution in [0.15, 0.2) is 40.5 Å². The molecular formula is C22H26N4S. The minimum absolute atomic E-state index is 0.879. The number of aromatic nitrogens is 2. The summed E-state index contributed by atoms with van der Waals surface area (Å²) in [5.74, 6) is 5.78. The Morgan fingerprint density at radius 2 is 1.89 bits per heavy atom. The Labute approximate surface area is 165 Å². The maximum atomic E-state index is 4.43. The molecule has 7 rings (SSSR count). The summed E-state index contributed by atoms with van der Waals surface area (Å²) in [6.07, 6.45) is 7.97. The number of likely N-dealkylation sites (tertiary alicyclic amines) is 1. The Morgan fingerprint density at radius 3 is 2.70 bits per heavy atom. The summed E-state index contributed by atoms with van der Waals surface area (Å²) in [5, 5.41) is 4.44. The molecule has 3 atom stereocenters. The monoisotopic (exact) mass is 378 g/mol. The minimum atomic E-state index is 0.879. The molecule has 2 aliphatic heterocycles. The second-order valence-electron chi connectivity index (χ2n) is 9.09. The molecule has 1 aromatic carbocycles. The fourth-order valence-electron chi connectivity index (χ4n) is 6.20. The van der Waals surface area contributed by atoms with Crippen LogP contribution in [0.5, 0.6) is 0 Å². The van der Waals surface area contributed by atoms with E-state index in [2.05, 4.69) is 45.3 Å². The van der Waals surface area contributed by atoms with Crippen LogP contribution in [0.25, 0.3) is 0 Å². The van der Waals surface area contributed by atoms with E-state index >= 15 is 0 Å². The van der Waals surface area contributed by atoms with Crippen molar-refractivity contribution >= 4 is 23.3 Å². The van der Waals surface area contributed by atoms with E-state index in [1.54, 1.807) is 24.2 Å². The van der Waals surface area contributed by atoms with Crippen molar-refractivity contribution in [2.75, 3.05) is 18.4 Å². The van der Waals surface area contributed by atoms with Crippen LogP contribution >= 0.6 is 11.8 Å². The first-order valence-electron chi connectivity index (χ1n) is 10.3. The van der Waals surface area contributed by atoms with Gasteiger partial charge in [0, 0.05) is 36.9 Å². The largest absolute Gasteiger partial charge is 0.337 e. The third-order valence-corrected chi connectivity index (χ3v) is 8.50. The lowest BCUT2D eigenvalue weighted by Gasteiger charge is -2.56. The number of benzene rings is 1. The van der Waals surface area contributed by atoms with Gasteiger partial charge in [0.2, 0.25) is 0 Å². The van der Waals surface area contributed by atoms with Gasteiger partial charge in [-0.25, -0.2) is 9.97 Å². The number of hydrogen-bond acceptors (Lipinski definition) is 5. The van der Waals surface area contributed by atoms with Gasteiger partial charge in [-0.3, -0.25) is 4.90 Å². The highest BCUT2D eigenvalue weighted by molar-refractivity contribution is 7.99. The van der Waals surface area contributed by atoms with Crippen molar-refractivity contribution < 1.29 is 0 Å². The molecule has 27 heavy (non-hydrogen) atoms. The molecule has 4 nitrogen and oxygen atoms in total. The number of nitrogens with zero attached hydrogens (tertiary/aromatic N) is 3. The van der Waals surface area contributed by atoms with Gasteiger partial charge in [0.05, 0.1) is 5.69 Å². The van der Waals surface area contributed by atoms with Crippen LogP contribution in [-0.4, -0.2) is 28.0 Å². The zero-order valence-electron chi connectivity index (χ0n) is 15.8. The van der Waals surface area contributed by atoms with Crippen LogP contribution in [0.2, 0.25) is 0 Å². The van der Waals surface area contributed by atoms with Gasteiger partial charge in [0.1, 0.15) is 5.03 Å². The fraction of sp³-hybridized carbons (Fsp3) is 0.545. The second-order valence-corrected chi connectivity index (χ2v) is 10.1. The van der Waals surface area contributed by atoms with Crippen molar-refractivity contribution in [1.82, 2.24) is 14.9 Å². The van der Waals surface area contributed by atoms with Crippen LogP contribution < -0.4 is 5.32 Å². The predicted octanol–water partition coefficient (Wildman–Crippen LogP) is 4.80. The molecule has 5 heteroatoms. The summed E-state index contributed by atoms with van der Waals surface area (Å²) in [7, 11) is 0. The molecular weight excluding hydrogens is 352 g/mol. The highest BCUT2D eigenvalue weighted by Gasteiger charge is 2.48. The predicted molar refractivity (Wildman–Crippen MR) is 108 cm³/mol. The van der Waals surface area contributed by atoms with Crippen LogP contribution in [0.4, 0.5) is 11.5 Å². The molecule has 4 bridgehead atoms. The lowest BCUT2D eigenvalue weighted by molar-refractivity contribution is -0.0697. The molecule has 3 heterocycles. The molecule has 0 amide bonds. The number of fused-ring (bicyclic) bond motifs is 3. The Morgan fingerprint density at radius 1 is 1.07 bits per heavy atom. The maximum Gasteiger partial charge on any atom is 0.163 e. The van der Waals surface area contributed by atoms with E-state index in [9.17, 15) is 0 Å². The van der Waals surface area contributed by atoms with Gasteiger partial charge in [0.15, 0.2) is 5.82 Å². The minimum Gasteiger partial charge on any atom is -0.337 e. The van der Waals surface area contributed by atoms with Gasteiger partial charge in [0.25, 0.3) is 0 Å². The molecule has 3 unspecified atom stereocenters. The molecule has 1 aromatic heterocycles. The van der Waals surface area contributed by atoms with Gasteiger partial charge in [-0.15, -0.1) is 0 Å². The number of piperidine rings is 1. The van der Waals surface area contributed by atoms with Crippen LogP contribution in [-0.2, 0) is 6.54 Å². The van der Waals surface area contributed by atoms with Crippen molar-refractivity contribution in [3.63, 3.8) is 0 Å². The zero-order chi connectivity index (χ0) is 18.0. The third kappa shape index (κ3) is 2.78. The number of rotatable bonds is 2. The van der Waals surface area contributed by atoms with Gasteiger partial charge in [-0.2, -0.15) is 0 Å². The van der Waals surface area contributed by atoms with Crippen molar-refractivity contribution in [3.05, 3.63) is 36.2 Å². The van der Waals surface area contributed by atoms with Crippen molar-refractivity contribution in [1.29, 1.82) is 0 Å². The quantitative estimate of drug-likeness (QED) is 0.694. The van der Waals surface area contributed by atoms with E-state index in [4.69, 9.17) is 0 Å². The van der Waals surface area contributed by atoms with E-state index in [-0.39, 0.29) is 0 Å². The lowest BCUT2D eigenvalue weighted by atomic mass is 9.54. The average molecular weight is 379 g/mol. The maximum absolute atomic E-state index is 4.43. The van der Waals surface area contributed by atoms with Crippen LogP contribution in [0.3, 0.4) is 0 Å². The molecule has 2 aromatic rings. The van der Waals surface area contributed by atoms with E-state index in [0.717, 1.165) is 47.0 Å². The molecule has 0 radical (unpaired) electrons. The number of anilines is 2. The summed E-state index contributed by atoms with van der Waals surface area (Å²) in [6.45, 7) is 6.17. The standard InChI is InChI=1S/C22H26N4S/c1-13-6-18-16-8-15(13)9-17(18)12-26(11-16)10-14-2-3-20-19(7-14)25-21-22(27-20)24-5-4-23-21/h2-5,7,13,15-18H,6,8-12H2,1H3,(H,23,25). The van der Waals surface area contributed by atoms with Crippen LogP contribution in [0, 0.1) is 29.6 Å². The van der Waals surface area contributed by atoms with Gasteiger partial charge < -0.3 is 5.32 Å². The van der Waals surface area contributed by atoms with Crippen molar-refractivity contribution in [2.45, 2.75) is 42.7 Å². The highest BCUT2D eigenvalue weighted by Crippen LogP contribution is 2.53. The third-order valence-electron chi connectivity index (χ3n) is 7.43. The van der Waals surface area contributed by atoms with Crippen molar-refractivity contribution in [2.24, 2.45) is 29.6 Å². The zero-order valence-corrected chi connectivity index (χ0v) is 16.6.